The van der Waals surface area contributed by atoms with Crippen molar-refractivity contribution in [3.63, 3.8) is 0 Å². The number of carbonyl (C=O) groups is 1. The van der Waals surface area contributed by atoms with Gasteiger partial charge in [0.25, 0.3) is 5.91 Å². The molecule has 0 spiro atoms. The van der Waals surface area contributed by atoms with E-state index in [2.05, 4.69) is 10.3 Å². The minimum Gasteiger partial charge on any atom is -0.492 e. The van der Waals surface area contributed by atoms with Gasteiger partial charge in [-0.1, -0.05) is 11.6 Å². The zero-order valence-electron chi connectivity index (χ0n) is 11.6. The summed E-state index contributed by atoms with van der Waals surface area (Å²) in [5.74, 6) is 0.325. The molecule has 1 heterocycles. The van der Waals surface area contributed by atoms with Gasteiger partial charge in [-0.2, -0.15) is 0 Å². The maximum Gasteiger partial charge on any atom is 0.275 e. The maximum atomic E-state index is 12.1. The number of nitrogens with two attached hydrogens (primary N) is 1. The molecule has 1 aromatic heterocycles. The van der Waals surface area contributed by atoms with Gasteiger partial charge in [0, 0.05) is 17.5 Å². The standard InChI is InChI=1S/C14H16ClN3O2S/c1-2-20-12-4-3-9(7-10(12)15)17-14(19)11-8-21-13(18-11)5-6-16/h3-4,7-8H,2,5-6,16H2,1H3,(H,17,19). The highest BCUT2D eigenvalue weighted by atomic mass is 35.5. The Labute approximate surface area is 132 Å². The summed E-state index contributed by atoms with van der Waals surface area (Å²) in [6.45, 7) is 2.93. The summed E-state index contributed by atoms with van der Waals surface area (Å²) in [7, 11) is 0. The Morgan fingerprint density at radius 2 is 2.33 bits per heavy atom. The molecule has 112 valence electrons. The first kappa shape index (κ1) is 15.8. The molecule has 0 unspecified atom stereocenters. The normalized spacial score (nSPS) is 10.4. The Morgan fingerprint density at radius 1 is 1.52 bits per heavy atom. The highest BCUT2D eigenvalue weighted by Gasteiger charge is 2.12. The van der Waals surface area contributed by atoms with Gasteiger partial charge in [-0.3, -0.25) is 4.79 Å². The van der Waals surface area contributed by atoms with E-state index in [1.165, 1.54) is 11.3 Å². The molecule has 5 nitrogen and oxygen atoms in total. The number of aromatic nitrogens is 1. The van der Waals surface area contributed by atoms with Gasteiger partial charge in [0.1, 0.15) is 11.4 Å². The number of hydrogen-bond donors (Lipinski definition) is 2. The van der Waals surface area contributed by atoms with Crippen molar-refractivity contribution >= 4 is 34.5 Å². The van der Waals surface area contributed by atoms with Gasteiger partial charge in [-0.15, -0.1) is 11.3 Å². The van der Waals surface area contributed by atoms with Gasteiger partial charge in [0.15, 0.2) is 0 Å². The molecule has 1 amide bonds. The van der Waals surface area contributed by atoms with E-state index < -0.39 is 0 Å². The third-order valence-corrected chi connectivity index (χ3v) is 3.84. The quantitative estimate of drug-likeness (QED) is 0.856. The Bertz CT molecular complexity index is 630. The molecule has 0 atom stereocenters. The van der Waals surface area contributed by atoms with Crippen molar-refractivity contribution < 1.29 is 9.53 Å². The summed E-state index contributed by atoms with van der Waals surface area (Å²) >= 11 is 7.51. The minimum absolute atomic E-state index is 0.269. The van der Waals surface area contributed by atoms with Crippen molar-refractivity contribution in [2.75, 3.05) is 18.5 Å². The molecule has 0 aliphatic rings. The Balaban J connectivity index is 2.06. The fourth-order valence-corrected chi connectivity index (χ4v) is 2.73. The van der Waals surface area contributed by atoms with E-state index in [0.29, 0.717) is 41.7 Å². The molecule has 2 aromatic rings. The second-order valence-corrected chi connectivity index (χ2v) is 5.55. The molecule has 0 saturated carbocycles. The van der Waals surface area contributed by atoms with Crippen LogP contribution in [0.3, 0.4) is 0 Å². The Morgan fingerprint density at radius 3 is 3.00 bits per heavy atom. The van der Waals surface area contributed by atoms with Crippen LogP contribution in [-0.2, 0) is 6.42 Å². The van der Waals surface area contributed by atoms with Gasteiger partial charge >= 0.3 is 0 Å². The summed E-state index contributed by atoms with van der Waals surface area (Å²) in [6, 6.07) is 5.11. The monoisotopic (exact) mass is 325 g/mol. The second kappa shape index (κ2) is 7.40. The number of ether oxygens (including phenoxy) is 1. The van der Waals surface area contributed by atoms with E-state index >= 15 is 0 Å². The number of thiazole rings is 1. The van der Waals surface area contributed by atoms with Crippen LogP contribution in [0.2, 0.25) is 5.02 Å². The smallest absolute Gasteiger partial charge is 0.275 e. The van der Waals surface area contributed by atoms with E-state index in [0.717, 1.165) is 5.01 Å². The van der Waals surface area contributed by atoms with Crippen LogP contribution in [0.5, 0.6) is 5.75 Å². The molecule has 0 saturated heterocycles. The zero-order valence-corrected chi connectivity index (χ0v) is 13.1. The van der Waals surface area contributed by atoms with Crippen LogP contribution in [-0.4, -0.2) is 24.0 Å². The van der Waals surface area contributed by atoms with Crippen molar-refractivity contribution in [3.05, 3.63) is 39.3 Å². The molecule has 21 heavy (non-hydrogen) atoms. The highest BCUT2D eigenvalue weighted by Crippen LogP contribution is 2.27. The molecule has 0 bridgehead atoms. The molecule has 1 aromatic carbocycles. The molecule has 0 fully saturated rings. The van der Waals surface area contributed by atoms with Crippen LogP contribution in [0.25, 0.3) is 0 Å². The third kappa shape index (κ3) is 4.17. The summed E-state index contributed by atoms with van der Waals surface area (Å²) in [6.07, 6.45) is 0.673. The average molecular weight is 326 g/mol. The van der Waals surface area contributed by atoms with Crippen molar-refractivity contribution in [1.82, 2.24) is 4.98 Å². The van der Waals surface area contributed by atoms with Crippen molar-refractivity contribution in [2.24, 2.45) is 5.73 Å². The lowest BCUT2D eigenvalue weighted by atomic mass is 10.3. The van der Waals surface area contributed by atoms with E-state index in [9.17, 15) is 4.79 Å². The Hall–Kier alpha value is -1.63. The predicted octanol–water partition coefficient (Wildman–Crippen LogP) is 2.95. The van der Waals surface area contributed by atoms with Crippen molar-refractivity contribution in [1.29, 1.82) is 0 Å². The number of carbonyl (C=O) groups excluding carboxylic acids is 1. The fourth-order valence-electron chi connectivity index (χ4n) is 1.70. The lowest BCUT2D eigenvalue weighted by Gasteiger charge is -2.08. The SMILES string of the molecule is CCOc1ccc(NC(=O)c2csc(CCN)n2)cc1Cl. The molecule has 7 heteroatoms. The van der Waals surface area contributed by atoms with Crippen LogP contribution in [0.15, 0.2) is 23.6 Å². The molecule has 2 rings (SSSR count). The van der Waals surface area contributed by atoms with Crippen LogP contribution < -0.4 is 15.8 Å². The topological polar surface area (TPSA) is 77.2 Å². The van der Waals surface area contributed by atoms with Gasteiger partial charge in [-0.05, 0) is 31.7 Å². The first-order valence-electron chi connectivity index (χ1n) is 6.52. The molecule has 3 N–H and O–H groups in total. The fraction of sp³-hybridized carbons (Fsp3) is 0.286. The number of halogens is 1. The molecular weight excluding hydrogens is 310 g/mol. The van der Waals surface area contributed by atoms with Crippen molar-refractivity contribution in [2.45, 2.75) is 13.3 Å². The highest BCUT2D eigenvalue weighted by molar-refractivity contribution is 7.09. The number of amides is 1. The summed E-state index contributed by atoms with van der Waals surface area (Å²) in [4.78, 5) is 16.3. The van der Waals surface area contributed by atoms with Gasteiger partial charge < -0.3 is 15.8 Å². The summed E-state index contributed by atoms with van der Waals surface area (Å²) in [5.41, 5.74) is 6.45. The second-order valence-electron chi connectivity index (χ2n) is 4.20. The van der Waals surface area contributed by atoms with Gasteiger partial charge in [0.05, 0.1) is 16.6 Å². The third-order valence-electron chi connectivity index (χ3n) is 2.63. The van der Waals surface area contributed by atoms with E-state index in [4.69, 9.17) is 22.1 Å². The number of hydrogen-bond acceptors (Lipinski definition) is 5. The van der Waals surface area contributed by atoms with Gasteiger partial charge in [0.2, 0.25) is 0 Å². The Kier molecular flexibility index (Phi) is 5.55. The maximum absolute atomic E-state index is 12.1. The van der Waals surface area contributed by atoms with E-state index in [-0.39, 0.29) is 5.91 Å². The average Bonchev–Trinajstić information content (AvgIpc) is 2.91. The number of anilines is 1. The van der Waals surface area contributed by atoms with Crippen LogP contribution in [0, 0.1) is 0 Å². The lowest BCUT2D eigenvalue weighted by Crippen LogP contribution is -2.12. The predicted molar refractivity (Wildman–Crippen MR) is 85.4 cm³/mol. The first-order chi connectivity index (χ1) is 10.1. The number of nitrogens with one attached hydrogen (secondary N) is 1. The van der Waals surface area contributed by atoms with E-state index in [1.54, 1.807) is 23.6 Å². The van der Waals surface area contributed by atoms with Crippen molar-refractivity contribution in [3.8, 4) is 5.75 Å². The lowest BCUT2D eigenvalue weighted by molar-refractivity contribution is 0.102. The van der Waals surface area contributed by atoms with E-state index in [1.807, 2.05) is 6.92 Å². The molecule has 0 radical (unpaired) electrons. The van der Waals surface area contributed by atoms with Crippen LogP contribution >= 0.6 is 22.9 Å². The van der Waals surface area contributed by atoms with Crippen LogP contribution in [0.1, 0.15) is 22.4 Å². The molecule has 0 aliphatic carbocycles. The summed E-state index contributed by atoms with van der Waals surface area (Å²) in [5, 5.41) is 5.79. The molecule has 0 aliphatic heterocycles. The van der Waals surface area contributed by atoms with Crippen LogP contribution in [0.4, 0.5) is 5.69 Å². The molecular formula is C14H16ClN3O2S. The minimum atomic E-state index is -0.269. The zero-order chi connectivity index (χ0) is 15.2. The largest absolute Gasteiger partial charge is 0.492 e. The number of nitrogens with zero attached hydrogens (tertiary/aromatic N) is 1. The number of benzene rings is 1. The first-order valence-corrected chi connectivity index (χ1v) is 7.78. The van der Waals surface area contributed by atoms with Gasteiger partial charge in [-0.25, -0.2) is 4.98 Å². The summed E-state index contributed by atoms with van der Waals surface area (Å²) < 4.78 is 5.34. The number of rotatable bonds is 6.